The van der Waals surface area contributed by atoms with E-state index in [-0.39, 0.29) is 12.1 Å². The minimum Gasteiger partial charge on any atom is -0.493 e. The van der Waals surface area contributed by atoms with Crippen molar-refractivity contribution in [3.63, 3.8) is 0 Å². The summed E-state index contributed by atoms with van der Waals surface area (Å²) >= 11 is 0. The zero-order valence-electron chi connectivity index (χ0n) is 17.4. The molecular formula is C24H36N2O2. The van der Waals surface area contributed by atoms with E-state index in [1.165, 1.54) is 11.1 Å². The molecule has 2 aromatic carbocycles. The summed E-state index contributed by atoms with van der Waals surface area (Å²) in [5.74, 6) is 1.93. The maximum Gasteiger partial charge on any atom is 0.122 e. The summed E-state index contributed by atoms with van der Waals surface area (Å²) in [6.07, 6.45) is 6.07. The molecule has 4 nitrogen and oxygen atoms in total. The number of benzene rings is 2. The number of hydrogen-bond acceptors (Lipinski definition) is 4. The molecule has 2 aromatic rings. The van der Waals surface area contributed by atoms with Gasteiger partial charge in [-0.1, -0.05) is 36.4 Å². The lowest BCUT2D eigenvalue weighted by molar-refractivity contribution is 0.284. The summed E-state index contributed by atoms with van der Waals surface area (Å²) in [6, 6.07) is 16.6. The Labute approximate surface area is 170 Å². The molecule has 0 spiro atoms. The lowest BCUT2D eigenvalue weighted by Crippen LogP contribution is -2.18. The van der Waals surface area contributed by atoms with Crippen LogP contribution >= 0.6 is 0 Å². The highest BCUT2D eigenvalue weighted by Crippen LogP contribution is 2.21. The van der Waals surface area contributed by atoms with E-state index in [0.29, 0.717) is 0 Å². The second-order valence-corrected chi connectivity index (χ2v) is 7.69. The fourth-order valence-electron chi connectivity index (χ4n) is 3.24. The quantitative estimate of drug-likeness (QED) is 0.499. The van der Waals surface area contributed by atoms with Crippen molar-refractivity contribution in [3.05, 3.63) is 59.7 Å². The summed E-state index contributed by atoms with van der Waals surface area (Å²) in [6.45, 7) is 5.53. The van der Waals surface area contributed by atoms with Crippen molar-refractivity contribution < 1.29 is 9.47 Å². The van der Waals surface area contributed by atoms with E-state index in [1.807, 2.05) is 50.2 Å². The van der Waals surface area contributed by atoms with Crippen LogP contribution in [0.3, 0.4) is 0 Å². The fourth-order valence-corrected chi connectivity index (χ4v) is 3.24. The summed E-state index contributed by atoms with van der Waals surface area (Å²) < 4.78 is 11.9. The van der Waals surface area contributed by atoms with E-state index in [2.05, 4.69) is 12.1 Å². The maximum atomic E-state index is 5.97. The second-order valence-electron chi connectivity index (χ2n) is 7.69. The van der Waals surface area contributed by atoms with Gasteiger partial charge in [0, 0.05) is 12.1 Å². The van der Waals surface area contributed by atoms with Crippen LogP contribution in [0.15, 0.2) is 48.5 Å². The predicted octanol–water partition coefficient (Wildman–Crippen LogP) is 4.48. The van der Waals surface area contributed by atoms with Crippen molar-refractivity contribution in [2.75, 3.05) is 13.2 Å². The van der Waals surface area contributed by atoms with Gasteiger partial charge in [-0.3, -0.25) is 0 Å². The van der Waals surface area contributed by atoms with Gasteiger partial charge in [-0.15, -0.1) is 0 Å². The van der Waals surface area contributed by atoms with Gasteiger partial charge in [0.15, 0.2) is 0 Å². The molecule has 0 aliphatic rings. The van der Waals surface area contributed by atoms with Gasteiger partial charge in [0.1, 0.15) is 11.5 Å². The van der Waals surface area contributed by atoms with Crippen molar-refractivity contribution in [2.45, 2.75) is 64.5 Å². The Kier molecular flexibility index (Phi) is 9.87. The van der Waals surface area contributed by atoms with Gasteiger partial charge in [0.25, 0.3) is 0 Å². The third-order valence-electron chi connectivity index (χ3n) is 4.58. The first-order valence-corrected chi connectivity index (χ1v) is 10.5. The normalized spacial score (nSPS) is 13.1. The van der Waals surface area contributed by atoms with Crippen molar-refractivity contribution in [2.24, 2.45) is 11.5 Å². The van der Waals surface area contributed by atoms with Gasteiger partial charge >= 0.3 is 0 Å². The summed E-state index contributed by atoms with van der Waals surface area (Å²) in [5.41, 5.74) is 14.2. The van der Waals surface area contributed by atoms with Crippen LogP contribution in [0.2, 0.25) is 0 Å². The van der Waals surface area contributed by atoms with Gasteiger partial charge in [-0.05, 0) is 75.6 Å². The molecule has 0 radical (unpaired) electrons. The smallest absolute Gasteiger partial charge is 0.122 e. The zero-order chi connectivity index (χ0) is 20.2. The molecule has 4 heteroatoms. The number of para-hydroxylation sites is 2. The molecule has 0 bridgehead atoms. The van der Waals surface area contributed by atoms with Crippen molar-refractivity contribution in [1.29, 1.82) is 0 Å². The lowest BCUT2D eigenvalue weighted by atomic mass is 10.1. The summed E-state index contributed by atoms with van der Waals surface area (Å²) in [7, 11) is 0. The molecule has 0 saturated carbocycles. The predicted molar refractivity (Wildman–Crippen MR) is 117 cm³/mol. The van der Waals surface area contributed by atoms with Crippen molar-refractivity contribution in [1.82, 2.24) is 0 Å². The lowest BCUT2D eigenvalue weighted by Gasteiger charge is -2.13. The molecule has 154 valence electrons. The molecule has 2 atom stereocenters. The number of hydrogen-bond donors (Lipinski definition) is 2. The van der Waals surface area contributed by atoms with Crippen LogP contribution in [0.4, 0.5) is 0 Å². The Balaban J connectivity index is 1.61. The average Bonchev–Trinajstić information content (AvgIpc) is 2.65. The van der Waals surface area contributed by atoms with Crippen LogP contribution in [0.1, 0.15) is 50.7 Å². The highest BCUT2D eigenvalue weighted by molar-refractivity contribution is 5.34. The van der Waals surface area contributed by atoms with Gasteiger partial charge < -0.3 is 20.9 Å². The average molecular weight is 385 g/mol. The SMILES string of the molecule is CC(N)Cc1ccccc1OCCCCCCOc1ccccc1CC(C)N. The van der Waals surface area contributed by atoms with Crippen LogP contribution < -0.4 is 20.9 Å². The van der Waals surface area contributed by atoms with Crippen LogP contribution in [0.5, 0.6) is 11.5 Å². The van der Waals surface area contributed by atoms with Gasteiger partial charge in [-0.2, -0.15) is 0 Å². The number of unbranched alkanes of at least 4 members (excludes halogenated alkanes) is 3. The van der Waals surface area contributed by atoms with E-state index in [1.54, 1.807) is 0 Å². The second kappa shape index (κ2) is 12.4. The van der Waals surface area contributed by atoms with E-state index >= 15 is 0 Å². The van der Waals surface area contributed by atoms with Crippen LogP contribution in [-0.2, 0) is 12.8 Å². The number of nitrogens with two attached hydrogens (primary N) is 2. The fraction of sp³-hybridized carbons (Fsp3) is 0.500. The van der Waals surface area contributed by atoms with Crippen LogP contribution in [0, 0.1) is 0 Å². The first-order chi connectivity index (χ1) is 13.6. The summed E-state index contributed by atoms with van der Waals surface area (Å²) in [4.78, 5) is 0. The standard InChI is InChI=1S/C24H36N2O2/c1-19(25)17-21-11-5-7-13-23(21)27-15-9-3-4-10-16-28-24-14-8-6-12-22(24)18-20(2)26/h5-8,11-14,19-20H,3-4,9-10,15-18,25-26H2,1-2H3. The molecule has 28 heavy (non-hydrogen) atoms. The topological polar surface area (TPSA) is 70.5 Å². The molecule has 0 amide bonds. The molecule has 0 saturated heterocycles. The minimum atomic E-state index is 0.142. The number of rotatable bonds is 13. The van der Waals surface area contributed by atoms with E-state index in [9.17, 15) is 0 Å². The van der Waals surface area contributed by atoms with Gasteiger partial charge in [-0.25, -0.2) is 0 Å². The Morgan fingerprint density at radius 1 is 0.643 bits per heavy atom. The molecule has 2 unspecified atom stereocenters. The highest BCUT2D eigenvalue weighted by Gasteiger charge is 2.06. The van der Waals surface area contributed by atoms with Crippen LogP contribution in [-0.4, -0.2) is 25.3 Å². The Bertz CT molecular complexity index is 626. The Morgan fingerprint density at radius 2 is 1.04 bits per heavy atom. The molecule has 0 aromatic heterocycles. The summed E-state index contributed by atoms with van der Waals surface area (Å²) in [5, 5.41) is 0. The Morgan fingerprint density at radius 3 is 1.43 bits per heavy atom. The largest absolute Gasteiger partial charge is 0.493 e. The first kappa shape index (κ1) is 22.3. The first-order valence-electron chi connectivity index (χ1n) is 10.5. The van der Waals surface area contributed by atoms with E-state index in [0.717, 1.165) is 63.2 Å². The Hall–Kier alpha value is -2.04. The van der Waals surface area contributed by atoms with Crippen LogP contribution in [0.25, 0.3) is 0 Å². The van der Waals surface area contributed by atoms with Gasteiger partial charge in [0.05, 0.1) is 13.2 Å². The maximum absolute atomic E-state index is 5.97. The van der Waals surface area contributed by atoms with Crippen molar-refractivity contribution >= 4 is 0 Å². The molecule has 4 N–H and O–H groups in total. The minimum absolute atomic E-state index is 0.142. The molecular weight excluding hydrogens is 348 g/mol. The monoisotopic (exact) mass is 384 g/mol. The highest BCUT2D eigenvalue weighted by atomic mass is 16.5. The van der Waals surface area contributed by atoms with Crippen molar-refractivity contribution in [3.8, 4) is 11.5 Å². The molecule has 0 aliphatic carbocycles. The molecule has 0 heterocycles. The number of ether oxygens (including phenoxy) is 2. The zero-order valence-corrected chi connectivity index (χ0v) is 17.4. The van der Waals surface area contributed by atoms with E-state index < -0.39 is 0 Å². The molecule has 2 rings (SSSR count). The van der Waals surface area contributed by atoms with Gasteiger partial charge in [0.2, 0.25) is 0 Å². The third-order valence-corrected chi connectivity index (χ3v) is 4.58. The van der Waals surface area contributed by atoms with E-state index in [4.69, 9.17) is 20.9 Å². The third kappa shape index (κ3) is 8.32. The molecule has 0 fully saturated rings. The molecule has 0 aliphatic heterocycles.